The average Bonchev–Trinajstić information content (AvgIpc) is 2.83. The zero-order chi connectivity index (χ0) is 14.0. The number of ketones is 1. The standard InChI is InChI=1S/C12H10BrF2N3O/c13-7-1-2-8(14)10(11(7)15)12(19)9-5-18(4-3-16)6-17-9/h1-2,5-6H,3-4,16H2. The number of nitrogens with two attached hydrogens (primary N) is 1. The molecule has 2 aromatic rings. The minimum atomic E-state index is -0.932. The lowest BCUT2D eigenvalue weighted by molar-refractivity contribution is 0.102. The Morgan fingerprint density at radius 1 is 1.42 bits per heavy atom. The number of benzene rings is 1. The molecular formula is C12H10BrF2N3O. The number of halogens is 3. The summed E-state index contributed by atoms with van der Waals surface area (Å²) in [4.78, 5) is 15.9. The van der Waals surface area contributed by atoms with Crippen molar-refractivity contribution in [3.63, 3.8) is 0 Å². The zero-order valence-corrected chi connectivity index (χ0v) is 11.3. The summed E-state index contributed by atoms with van der Waals surface area (Å²) < 4.78 is 29.0. The maximum Gasteiger partial charge on any atom is 0.218 e. The Balaban J connectivity index is 2.41. The van der Waals surface area contributed by atoms with Crippen LogP contribution >= 0.6 is 15.9 Å². The van der Waals surface area contributed by atoms with Gasteiger partial charge in [0, 0.05) is 19.3 Å². The number of nitrogens with zero attached hydrogens (tertiary/aromatic N) is 2. The van der Waals surface area contributed by atoms with Crippen LogP contribution in [0.25, 0.3) is 0 Å². The lowest BCUT2D eigenvalue weighted by Crippen LogP contribution is -2.10. The summed E-state index contributed by atoms with van der Waals surface area (Å²) in [6.07, 6.45) is 2.81. The van der Waals surface area contributed by atoms with Crippen LogP contribution in [0.1, 0.15) is 16.1 Å². The van der Waals surface area contributed by atoms with Gasteiger partial charge >= 0.3 is 0 Å². The fourth-order valence-electron chi connectivity index (χ4n) is 1.61. The molecule has 0 unspecified atom stereocenters. The Kier molecular flexibility index (Phi) is 4.06. The van der Waals surface area contributed by atoms with Crippen LogP contribution in [0.2, 0.25) is 0 Å². The first-order valence-electron chi connectivity index (χ1n) is 5.44. The summed E-state index contributed by atoms with van der Waals surface area (Å²) >= 11 is 2.92. The van der Waals surface area contributed by atoms with E-state index in [0.29, 0.717) is 13.1 Å². The molecule has 100 valence electrons. The van der Waals surface area contributed by atoms with Crippen LogP contribution in [0.3, 0.4) is 0 Å². The highest BCUT2D eigenvalue weighted by Gasteiger charge is 2.22. The Hall–Kier alpha value is -1.60. The first-order chi connectivity index (χ1) is 9.04. The van der Waals surface area contributed by atoms with Gasteiger partial charge in [-0.25, -0.2) is 13.8 Å². The molecule has 0 spiro atoms. The molecule has 4 nitrogen and oxygen atoms in total. The number of hydrogen-bond acceptors (Lipinski definition) is 3. The van der Waals surface area contributed by atoms with E-state index in [2.05, 4.69) is 20.9 Å². The predicted octanol–water partition coefficient (Wildman–Crippen LogP) is 2.11. The first-order valence-corrected chi connectivity index (χ1v) is 6.24. The minimum Gasteiger partial charge on any atom is -0.335 e. The minimum absolute atomic E-state index is 0.0238. The molecule has 0 saturated carbocycles. The van der Waals surface area contributed by atoms with Crippen molar-refractivity contribution in [2.75, 3.05) is 6.54 Å². The Morgan fingerprint density at radius 2 is 2.16 bits per heavy atom. The molecular weight excluding hydrogens is 320 g/mol. The summed E-state index contributed by atoms with van der Waals surface area (Å²) in [5, 5.41) is 0. The fraction of sp³-hybridized carbons (Fsp3) is 0.167. The molecule has 0 aliphatic carbocycles. The van der Waals surface area contributed by atoms with Gasteiger partial charge in [0.25, 0.3) is 0 Å². The number of hydrogen-bond donors (Lipinski definition) is 1. The molecule has 7 heteroatoms. The van der Waals surface area contributed by atoms with Gasteiger partial charge in [0.05, 0.1) is 16.4 Å². The van der Waals surface area contributed by atoms with Crippen molar-refractivity contribution in [1.82, 2.24) is 9.55 Å². The zero-order valence-electron chi connectivity index (χ0n) is 9.74. The second-order valence-corrected chi connectivity index (χ2v) is 4.69. The second-order valence-electron chi connectivity index (χ2n) is 3.83. The van der Waals surface area contributed by atoms with Crippen molar-refractivity contribution < 1.29 is 13.6 Å². The molecule has 2 N–H and O–H groups in total. The van der Waals surface area contributed by atoms with Crippen molar-refractivity contribution in [1.29, 1.82) is 0 Å². The van der Waals surface area contributed by atoms with Gasteiger partial charge in [-0.05, 0) is 28.1 Å². The molecule has 1 aromatic heterocycles. The van der Waals surface area contributed by atoms with Gasteiger partial charge in [0.2, 0.25) is 5.78 Å². The molecule has 0 amide bonds. The van der Waals surface area contributed by atoms with Crippen LogP contribution < -0.4 is 5.73 Å². The molecule has 0 aliphatic heterocycles. The Bertz CT molecular complexity index is 627. The van der Waals surface area contributed by atoms with Gasteiger partial charge in [0.15, 0.2) is 5.82 Å². The molecule has 0 atom stereocenters. The largest absolute Gasteiger partial charge is 0.335 e. The van der Waals surface area contributed by atoms with Gasteiger partial charge in [-0.2, -0.15) is 0 Å². The number of carbonyl (C=O) groups excluding carboxylic acids is 1. The van der Waals surface area contributed by atoms with E-state index in [1.807, 2.05) is 0 Å². The Morgan fingerprint density at radius 3 is 2.84 bits per heavy atom. The lowest BCUT2D eigenvalue weighted by Gasteiger charge is -2.03. The third-order valence-corrected chi connectivity index (χ3v) is 3.14. The molecule has 0 radical (unpaired) electrons. The first kappa shape index (κ1) is 13.8. The third-order valence-electron chi connectivity index (χ3n) is 2.52. The maximum atomic E-state index is 13.8. The molecule has 1 heterocycles. The van der Waals surface area contributed by atoms with E-state index in [0.717, 1.165) is 6.07 Å². The van der Waals surface area contributed by atoms with E-state index < -0.39 is 23.0 Å². The summed E-state index contributed by atoms with van der Waals surface area (Å²) in [6, 6.07) is 2.23. The van der Waals surface area contributed by atoms with Gasteiger partial charge in [-0.15, -0.1) is 0 Å². The van der Waals surface area contributed by atoms with Crippen LogP contribution in [-0.2, 0) is 6.54 Å². The van der Waals surface area contributed by atoms with E-state index >= 15 is 0 Å². The number of aromatic nitrogens is 2. The molecule has 0 saturated heterocycles. The van der Waals surface area contributed by atoms with Crippen LogP contribution in [-0.4, -0.2) is 21.9 Å². The van der Waals surface area contributed by atoms with Crippen molar-refractivity contribution >= 4 is 21.7 Å². The quantitative estimate of drug-likeness (QED) is 0.690. The van der Waals surface area contributed by atoms with Crippen molar-refractivity contribution in [3.8, 4) is 0 Å². The molecule has 19 heavy (non-hydrogen) atoms. The van der Waals surface area contributed by atoms with Crippen LogP contribution in [0.5, 0.6) is 0 Å². The molecule has 1 aromatic carbocycles. The van der Waals surface area contributed by atoms with Crippen LogP contribution in [0.15, 0.2) is 29.1 Å². The maximum absolute atomic E-state index is 13.8. The molecule has 0 aliphatic rings. The third kappa shape index (κ3) is 2.71. The van der Waals surface area contributed by atoms with Crippen LogP contribution in [0, 0.1) is 11.6 Å². The van der Waals surface area contributed by atoms with E-state index in [1.54, 1.807) is 4.57 Å². The molecule has 2 rings (SSSR count). The highest BCUT2D eigenvalue weighted by Crippen LogP contribution is 2.23. The van der Waals surface area contributed by atoms with E-state index in [4.69, 9.17) is 5.73 Å². The summed E-state index contributed by atoms with van der Waals surface area (Å²) in [5.41, 5.74) is 4.72. The number of carbonyl (C=O) groups is 1. The summed E-state index contributed by atoms with van der Waals surface area (Å²) in [7, 11) is 0. The summed E-state index contributed by atoms with van der Waals surface area (Å²) in [5.74, 6) is -2.65. The predicted molar refractivity (Wildman–Crippen MR) is 68.8 cm³/mol. The van der Waals surface area contributed by atoms with Crippen molar-refractivity contribution in [2.24, 2.45) is 5.73 Å². The average molecular weight is 330 g/mol. The van der Waals surface area contributed by atoms with E-state index in [-0.39, 0.29) is 10.2 Å². The highest BCUT2D eigenvalue weighted by molar-refractivity contribution is 9.10. The highest BCUT2D eigenvalue weighted by atomic mass is 79.9. The fourth-order valence-corrected chi connectivity index (χ4v) is 1.94. The molecule has 0 fully saturated rings. The van der Waals surface area contributed by atoms with Gasteiger partial charge in [0.1, 0.15) is 11.5 Å². The van der Waals surface area contributed by atoms with E-state index in [9.17, 15) is 13.6 Å². The normalized spacial score (nSPS) is 10.7. The van der Waals surface area contributed by atoms with Gasteiger partial charge in [-0.3, -0.25) is 4.79 Å². The van der Waals surface area contributed by atoms with Crippen molar-refractivity contribution in [3.05, 3.63) is 52.0 Å². The van der Waals surface area contributed by atoms with E-state index in [1.165, 1.54) is 18.6 Å². The second kappa shape index (κ2) is 5.58. The van der Waals surface area contributed by atoms with Gasteiger partial charge < -0.3 is 10.3 Å². The van der Waals surface area contributed by atoms with Gasteiger partial charge in [-0.1, -0.05) is 0 Å². The SMILES string of the molecule is NCCn1cnc(C(=O)c2c(F)ccc(Br)c2F)c1. The van der Waals surface area contributed by atoms with Crippen molar-refractivity contribution in [2.45, 2.75) is 6.54 Å². The van der Waals surface area contributed by atoms with Crippen LogP contribution in [0.4, 0.5) is 8.78 Å². The Labute approximate surface area is 116 Å². The topological polar surface area (TPSA) is 60.9 Å². The molecule has 0 bridgehead atoms. The number of rotatable bonds is 4. The number of imidazole rings is 1. The monoisotopic (exact) mass is 329 g/mol. The lowest BCUT2D eigenvalue weighted by atomic mass is 10.1. The summed E-state index contributed by atoms with van der Waals surface area (Å²) in [6.45, 7) is 0.854. The smallest absolute Gasteiger partial charge is 0.218 e.